The third-order valence-electron chi connectivity index (χ3n) is 6.04. The number of benzene rings is 1. The monoisotopic (exact) mass is 364 g/mol. The summed E-state index contributed by atoms with van der Waals surface area (Å²) < 4.78 is 5.45. The van der Waals surface area contributed by atoms with Crippen LogP contribution >= 0.6 is 11.6 Å². The lowest BCUT2D eigenvalue weighted by Crippen LogP contribution is -2.36. The van der Waals surface area contributed by atoms with E-state index in [4.69, 9.17) is 16.3 Å². The van der Waals surface area contributed by atoms with E-state index in [2.05, 4.69) is 19.0 Å². The molecule has 0 N–H and O–H groups in total. The van der Waals surface area contributed by atoms with E-state index in [9.17, 15) is 4.79 Å². The predicted molar refractivity (Wildman–Crippen MR) is 101 cm³/mol. The minimum atomic E-state index is 0.0547. The van der Waals surface area contributed by atoms with E-state index in [1.165, 1.54) is 12.8 Å². The van der Waals surface area contributed by atoms with Crippen LogP contribution in [-0.4, -0.2) is 55.5 Å². The minimum Gasteiger partial charge on any atom is -0.492 e. The van der Waals surface area contributed by atoms with Gasteiger partial charge in [-0.1, -0.05) is 11.6 Å². The van der Waals surface area contributed by atoms with Gasteiger partial charge in [0.1, 0.15) is 5.75 Å². The minimum absolute atomic E-state index is 0.0547. The number of fused-ring (bicyclic) bond motifs is 1. The molecule has 0 spiro atoms. The molecule has 138 valence electrons. The van der Waals surface area contributed by atoms with Gasteiger partial charge < -0.3 is 14.5 Å². The summed E-state index contributed by atoms with van der Waals surface area (Å²) in [7, 11) is 6.28. The topological polar surface area (TPSA) is 32.8 Å². The maximum atomic E-state index is 12.9. The molecular weight excluding hydrogens is 336 g/mol. The normalized spacial score (nSPS) is 28.2. The van der Waals surface area contributed by atoms with E-state index in [1.54, 1.807) is 12.1 Å². The molecule has 0 aliphatic heterocycles. The molecule has 0 saturated heterocycles. The van der Waals surface area contributed by atoms with Crippen LogP contribution in [0.3, 0.4) is 0 Å². The highest BCUT2D eigenvalue weighted by Crippen LogP contribution is 2.46. The van der Waals surface area contributed by atoms with Gasteiger partial charge >= 0.3 is 0 Å². The van der Waals surface area contributed by atoms with Crippen LogP contribution in [0, 0.1) is 11.8 Å². The van der Waals surface area contributed by atoms with Crippen LogP contribution in [0.5, 0.6) is 5.75 Å². The van der Waals surface area contributed by atoms with E-state index in [1.807, 2.05) is 24.9 Å². The Labute approximate surface area is 156 Å². The second-order valence-corrected chi connectivity index (χ2v) is 8.14. The van der Waals surface area contributed by atoms with Gasteiger partial charge in [-0.15, -0.1) is 0 Å². The summed E-state index contributed by atoms with van der Waals surface area (Å²) in [6.45, 7) is 2.48. The number of carbonyl (C=O) groups excluding carboxylic acids is 1. The Morgan fingerprint density at radius 2 is 1.72 bits per heavy atom. The first-order valence-electron chi connectivity index (χ1n) is 9.26. The molecule has 0 radical (unpaired) electrons. The fraction of sp³-hybridized carbons (Fsp3) is 0.650. The maximum absolute atomic E-state index is 12.9. The SMILES string of the molecule is CCOc1ccc(C(=O)N(C)C2C[C@H]3CC(N(C)C)C[C@H]3C2)cc1Cl. The van der Waals surface area contributed by atoms with Gasteiger partial charge in [-0.3, -0.25) is 4.79 Å². The molecule has 3 rings (SSSR count). The summed E-state index contributed by atoms with van der Waals surface area (Å²) in [5.41, 5.74) is 0.638. The second-order valence-electron chi connectivity index (χ2n) is 7.73. The quantitative estimate of drug-likeness (QED) is 0.793. The molecule has 2 aliphatic carbocycles. The largest absolute Gasteiger partial charge is 0.492 e. The fourth-order valence-corrected chi connectivity index (χ4v) is 4.80. The van der Waals surface area contributed by atoms with Crippen molar-refractivity contribution in [2.24, 2.45) is 11.8 Å². The van der Waals surface area contributed by atoms with Crippen LogP contribution in [-0.2, 0) is 0 Å². The van der Waals surface area contributed by atoms with Crippen molar-refractivity contribution in [2.45, 2.75) is 44.7 Å². The van der Waals surface area contributed by atoms with Gasteiger partial charge in [-0.05, 0) is 76.7 Å². The zero-order valence-electron chi connectivity index (χ0n) is 15.7. The van der Waals surface area contributed by atoms with Crippen LogP contribution < -0.4 is 4.74 Å². The standard InChI is InChI=1S/C20H29ClN2O2/c1-5-25-19-7-6-13(12-18(19)21)20(24)23(4)17-10-14-8-16(22(2)3)9-15(14)11-17/h6-7,12,14-17H,5,8-11H2,1-4H3/t14-,15+,16?,17?. The van der Waals surface area contributed by atoms with Crippen LogP contribution in [0.1, 0.15) is 43.0 Å². The molecule has 0 heterocycles. The van der Waals surface area contributed by atoms with E-state index in [-0.39, 0.29) is 5.91 Å². The van der Waals surface area contributed by atoms with Gasteiger partial charge in [0.15, 0.2) is 0 Å². The smallest absolute Gasteiger partial charge is 0.253 e. The Morgan fingerprint density at radius 3 is 2.24 bits per heavy atom. The molecule has 1 aromatic rings. The Kier molecular flexibility index (Phi) is 5.59. The average Bonchev–Trinajstić information content (AvgIpc) is 3.14. The van der Waals surface area contributed by atoms with Crippen LogP contribution in [0.4, 0.5) is 0 Å². The highest BCUT2D eigenvalue weighted by Gasteiger charge is 2.44. The van der Waals surface area contributed by atoms with Crippen molar-refractivity contribution in [1.82, 2.24) is 9.80 Å². The van der Waals surface area contributed by atoms with Crippen LogP contribution in [0.2, 0.25) is 5.02 Å². The summed E-state index contributed by atoms with van der Waals surface area (Å²) in [6.07, 6.45) is 4.79. The lowest BCUT2D eigenvalue weighted by molar-refractivity contribution is 0.0726. The Hall–Kier alpha value is -1.26. The predicted octanol–water partition coefficient (Wildman–Crippen LogP) is 3.93. The third kappa shape index (κ3) is 3.80. The number of carbonyl (C=O) groups is 1. The van der Waals surface area contributed by atoms with E-state index < -0.39 is 0 Å². The van der Waals surface area contributed by atoms with Crippen LogP contribution in [0.25, 0.3) is 0 Å². The molecule has 2 unspecified atom stereocenters. The molecule has 4 atom stereocenters. The Morgan fingerprint density at radius 1 is 1.12 bits per heavy atom. The van der Waals surface area contributed by atoms with Crippen molar-refractivity contribution in [1.29, 1.82) is 0 Å². The molecule has 2 fully saturated rings. The molecule has 0 bridgehead atoms. The number of ether oxygens (including phenoxy) is 1. The third-order valence-corrected chi connectivity index (χ3v) is 6.34. The number of amides is 1. The van der Waals surface area contributed by atoms with Crippen molar-refractivity contribution in [3.63, 3.8) is 0 Å². The fourth-order valence-electron chi connectivity index (χ4n) is 4.57. The first-order chi connectivity index (χ1) is 11.9. The molecular formula is C20H29ClN2O2. The molecule has 1 aromatic carbocycles. The zero-order chi connectivity index (χ0) is 18.1. The van der Waals surface area contributed by atoms with Crippen molar-refractivity contribution in [2.75, 3.05) is 27.7 Å². The van der Waals surface area contributed by atoms with E-state index in [0.29, 0.717) is 35.0 Å². The van der Waals surface area contributed by atoms with Crippen molar-refractivity contribution in [3.05, 3.63) is 28.8 Å². The van der Waals surface area contributed by atoms with Gasteiger partial charge in [-0.2, -0.15) is 0 Å². The van der Waals surface area contributed by atoms with Crippen LogP contribution in [0.15, 0.2) is 18.2 Å². The van der Waals surface area contributed by atoms with Crippen molar-refractivity contribution < 1.29 is 9.53 Å². The van der Waals surface area contributed by atoms with E-state index in [0.717, 1.165) is 24.7 Å². The van der Waals surface area contributed by atoms with E-state index >= 15 is 0 Å². The molecule has 2 saturated carbocycles. The molecule has 5 heteroatoms. The number of halogens is 1. The van der Waals surface area contributed by atoms with Crippen molar-refractivity contribution in [3.8, 4) is 5.75 Å². The lowest BCUT2D eigenvalue weighted by Gasteiger charge is -2.27. The highest BCUT2D eigenvalue weighted by molar-refractivity contribution is 6.32. The number of rotatable bonds is 5. The van der Waals surface area contributed by atoms with Gasteiger partial charge in [-0.25, -0.2) is 0 Å². The van der Waals surface area contributed by atoms with Crippen molar-refractivity contribution >= 4 is 17.5 Å². The first kappa shape index (κ1) is 18.5. The number of hydrogen-bond acceptors (Lipinski definition) is 3. The average molecular weight is 365 g/mol. The van der Waals surface area contributed by atoms with Gasteiger partial charge in [0.25, 0.3) is 5.91 Å². The summed E-state index contributed by atoms with van der Waals surface area (Å²) in [5, 5.41) is 0.498. The molecule has 25 heavy (non-hydrogen) atoms. The summed E-state index contributed by atoms with van der Waals surface area (Å²) >= 11 is 6.24. The maximum Gasteiger partial charge on any atom is 0.253 e. The summed E-state index contributed by atoms with van der Waals surface area (Å²) in [5.74, 6) is 2.21. The van der Waals surface area contributed by atoms with Gasteiger partial charge in [0, 0.05) is 24.7 Å². The molecule has 1 amide bonds. The summed E-state index contributed by atoms with van der Waals surface area (Å²) in [4.78, 5) is 17.1. The lowest BCUT2D eigenvalue weighted by atomic mass is 10.0. The highest BCUT2D eigenvalue weighted by atomic mass is 35.5. The first-order valence-corrected chi connectivity index (χ1v) is 9.64. The van der Waals surface area contributed by atoms with Gasteiger partial charge in [0.2, 0.25) is 0 Å². The summed E-state index contributed by atoms with van der Waals surface area (Å²) in [6, 6.07) is 6.38. The van der Waals surface area contributed by atoms with Gasteiger partial charge in [0.05, 0.1) is 11.6 Å². The Balaban J connectivity index is 1.63. The molecule has 0 aromatic heterocycles. The molecule has 4 nitrogen and oxygen atoms in total. The number of nitrogens with zero attached hydrogens (tertiary/aromatic N) is 2. The Bertz CT molecular complexity index is 620. The second kappa shape index (κ2) is 7.55. The zero-order valence-corrected chi connectivity index (χ0v) is 16.4. The molecule has 2 aliphatic rings. The number of hydrogen-bond donors (Lipinski definition) is 0.